The standard InChI is InChI=1S/C17H14FNO2S/c1-20-13-6-7-16(21-2)14(9-13)15-10-22-17(19-15)11-4-3-5-12(18)8-11/h3-10H,1-2H3. The zero-order valence-electron chi connectivity index (χ0n) is 12.2. The van der Waals surface area contributed by atoms with Crippen LogP contribution in [-0.4, -0.2) is 19.2 Å². The van der Waals surface area contributed by atoms with Crippen LogP contribution in [0.15, 0.2) is 47.8 Å². The van der Waals surface area contributed by atoms with Crippen LogP contribution in [0.25, 0.3) is 21.8 Å². The zero-order chi connectivity index (χ0) is 15.5. The molecule has 0 N–H and O–H groups in total. The largest absolute Gasteiger partial charge is 0.497 e. The first-order valence-electron chi connectivity index (χ1n) is 6.65. The molecule has 0 aliphatic rings. The molecule has 3 aromatic rings. The van der Waals surface area contributed by atoms with Gasteiger partial charge in [0.15, 0.2) is 0 Å². The molecule has 22 heavy (non-hydrogen) atoms. The van der Waals surface area contributed by atoms with Crippen molar-refractivity contribution >= 4 is 11.3 Å². The number of hydrogen-bond donors (Lipinski definition) is 0. The number of aromatic nitrogens is 1. The molecule has 3 nitrogen and oxygen atoms in total. The highest BCUT2D eigenvalue weighted by molar-refractivity contribution is 7.13. The van der Waals surface area contributed by atoms with Gasteiger partial charge in [-0.25, -0.2) is 9.37 Å². The third-order valence-corrected chi connectivity index (χ3v) is 4.15. The molecule has 0 amide bonds. The second kappa shape index (κ2) is 6.15. The summed E-state index contributed by atoms with van der Waals surface area (Å²) in [7, 11) is 3.23. The molecule has 0 bridgehead atoms. The predicted octanol–water partition coefficient (Wildman–Crippen LogP) is 4.63. The van der Waals surface area contributed by atoms with E-state index >= 15 is 0 Å². The van der Waals surface area contributed by atoms with Crippen molar-refractivity contribution in [3.8, 4) is 33.3 Å². The first-order valence-corrected chi connectivity index (χ1v) is 7.53. The predicted molar refractivity (Wildman–Crippen MR) is 86.0 cm³/mol. The Kier molecular flexibility index (Phi) is 4.06. The molecular formula is C17H14FNO2S. The highest BCUT2D eigenvalue weighted by atomic mass is 32.1. The summed E-state index contributed by atoms with van der Waals surface area (Å²) in [5.74, 6) is 1.18. The molecule has 2 aromatic carbocycles. The molecule has 0 unspecified atom stereocenters. The van der Waals surface area contributed by atoms with Crippen LogP contribution in [-0.2, 0) is 0 Å². The fourth-order valence-electron chi connectivity index (χ4n) is 2.17. The van der Waals surface area contributed by atoms with E-state index in [0.717, 1.165) is 33.3 Å². The first kappa shape index (κ1) is 14.5. The van der Waals surface area contributed by atoms with E-state index in [2.05, 4.69) is 4.98 Å². The maximum atomic E-state index is 13.3. The van der Waals surface area contributed by atoms with Crippen LogP contribution in [0.2, 0.25) is 0 Å². The van der Waals surface area contributed by atoms with Gasteiger partial charge >= 0.3 is 0 Å². The van der Waals surface area contributed by atoms with Crippen LogP contribution in [0, 0.1) is 5.82 Å². The summed E-state index contributed by atoms with van der Waals surface area (Å²) in [6.45, 7) is 0. The maximum absolute atomic E-state index is 13.3. The van der Waals surface area contributed by atoms with E-state index in [9.17, 15) is 4.39 Å². The maximum Gasteiger partial charge on any atom is 0.128 e. The van der Waals surface area contributed by atoms with Crippen molar-refractivity contribution in [3.05, 3.63) is 53.7 Å². The summed E-state index contributed by atoms with van der Waals surface area (Å²) in [5, 5.41) is 2.69. The summed E-state index contributed by atoms with van der Waals surface area (Å²) in [6.07, 6.45) is 0. The number of rotatable bonds is 4. The molecule has 3 rings (SSSR count). The fourth-order valence-corrected chi connectivity index (χ4v) is 2.98. The first-order chi connectivity index (χ1) is 10.7. The number of thiazole rings is 1. The van der Waals surface area contributed by atoms with Gasteiger partial charge in [0.2, 0.25) is 0 Å². The average Bonchev–Trinajstić information content (AvgIpc) is 3.04. The fraction of sp³-hybridized carbons (Fsp3) is 0.118. The highest BCUT2D eigenvalue weighted by Gasteiger charge is 2.12. The van der Waals surface area contributed by atoms with Gasteiger partial charge in [-0.15, -0.1) is 11.3 Å². The minimum atomic E-state index is -0.270. The van der Waals surface area contributed by atoms with Gasteiger partial charge in [-0.3, -0.25) is 0 Å². The minimum absolute atomic E-state index is 0.270. The van der Waals surface area contributed by atoms with E-state index < -0.39 is 0 Å². The van der Waals surface area contributed by atoms with Crippen molar-refractivity contribution in [2.75, 3.05) is 14.2 Å². The number of halogens is 1. The normalized spacial score (nSPS) is 10.5. The summed E-state index contributed by atoms with van der Waals surface area (Å²) >= 11 is 1.46. The summed E-state index contributed by atoms with van der Waals surface area (Å²) < 4.78 is 24.0. The second-order valence-corrected chi connectivity index (χ2v) is 5.47. The highest BCUT2D eigenvalue weighted by Crippen LogP contribution is 2.36. The molecule has 112 valence electrons. The molecule has 0 saturated heterocycles. The molecule has 0 radical (unpaired) electrons. The Morgan fingerprint density at radius 3 is 2.64 bits per heavy atom. The molecule has 0 saturated carbocycles. The third-order valence-electron chi connectivity index (χ3n) is 3.26. The summed E-state index contributed by atoms with van der Waals surface area (Å²) in [6, 6.07) is 12.0. The number of methoxy groups -OCH3 is 2. The molecule has 0 atom stereocenters. The second-order valence-electron chi connectivity index (χ2n) is 4.61. The lowest BCUT2D eigenvalue weighted by atomic mass is 10.1. The number of benzene rings is 2. The van der Waals surface area contributed by atoms with Crippen molar-refractivity contribution in [1.82, 2.24) is 4.98 Å². The van der Waals surface area contributed by atoms with Crippen molar-refractivity contribution in [2.45, 2.75) is 0 Å². The quantitative estimate of drug-likeness (QED) is 0.703. The van der Waals surface area contributed by atoms with E-state index in [0.29, 0.717) is 0 Å². The molecule has 0 fully saturated rings. The number of ether oxygens (including phenoxy) is 2. The van der Waals surface area contributed by atoms with E-state index in [4.69, 9.17) is 9.47 Å². The van der Waals surface area contributed by atoms with Crippen molar-refractivity contribution < 1.29 is 13.9 Å². The average molecular weight is 315 g/mol. The van der Waals surface area contributed by atoms with Gasteiger partial charge in [0, 0.05) is 16.5 Å². The monoisotopic (exact) mass is 315 g/mol. The molecule has 0 aliphatic carbocycles. The lowest BCUT2D eigenvalue weighted by molar-refractivity contribution is 0.404. The van der Waals surface area contributed by atoms with E-state index in [1.54, 1.807) is 20.3 Å². The number of hydrogen-bond acceptors (Lipinski definition) is 4. The van der Waals surface area contributed by atoms with Gasteiger partial charge in [-0.2, -0.15) is 0 Å². The summed E-state index contributed by atoms with van der Waals surface area (Å²) in [4.78, 5) is 4.59. The molecular weight excluding hydrogens is 301 g/mol. The molecule has 5 heteroatoms. The van der Waals surface area contributed by atoms with Crippen LogP contribution >= 0.6 is 11.3 Å². The SMILES string of the molecule is COc1ccc(OC)c(-c2csc(-c3cccc(F)c3)n2)c1. The van der Waals surface area contributed by atoms with Crippen molar-refractivity contribution in [1.29, 1.82) is 0 Å². The Hall–Kier alpha value is -2.40. The van der Waals surface area contributed by atoms with E-state index in [-0.39, 0.29) is 5.82 Å². The minimum Gasteiger partial charge on any atom is -0.497 e. The molecule has 1 heterocycles. The lowest BCUT2D eigenvalue weighted by Crippen LogP contribution is -1.90. The number of nitrogens with zero attached hydrogens (tertiary/aromatic N) is 1. The Morgan fingerprint density at radius 1 is 1.05 bits per heavy atom. The molecule has 0 spiro atoms. The zero-order valence-corrected chi connectivity index (χ0v) is 13.0. The van der Waals surface area contributed by atoms with Crippen LogP contribution in [0.3, 0.4) is 0 Å². The Morgan fingerprint density at radius 2 is 1.91 bits per heavy atom. The Balaban J connectivity index is 2.04. The van der Waals surface area contributed by atoms with Crippen LogP contribution in [0.1, 0.15) is 0 Å². The lowest BCUT2D eigenvalue weighted by Gasteiger charge is -2.08. The van der Waals surface area contributed by atoms with Gasteiger partial charge in [0.25, 0.3) is 0 Å². The Bertz CT molecular complexity index is 801. The van der Waals surface area contributed by atoms with Crippen molar-refractivity contribution in [3.63, 3.8) is 0 Å². The van der Waals surface area contributed by atoms with Gasteiger partial charge in [0.1, 0.15) is 22.3 Å². The Labute approximate surface area is 132 Å². The van der Waals surface area contributed by atoms with Gasteiger partial charge in [0.05, 0.1) is 19.9 Å². The van der Waals surface area contributed by atoms with Gasteiger partial charge < -0.3 is 9.47 Å². The van der Waals surface area contributed by atoms with Gasteiger partial charge in [-0.1, -0.05) is 12.1 Å². The third kappa shape index (κ3) is 2.80. The molecule has 0 aliphatic heterocycles. The summed E-state index contributed by atoms with van der Waals surface area (Å²) in [5.41, 5.74) is 2.39. The van der Waals surface area contributed by atoms with E-state index in [1.807, 2.05) is 29.6 Å². The smallest absolute Gasteiger partial charge is 0.128 e. The van der Waals surface area contributed by atoms with Crippen LogP contribution in [0.4, 0.5) is 4.39 Å². The van der Waals surface area contributed by atoms with Crippen LogP contribution in [0.5, 0.6) is 11.5 Å². The van der Waals surface area contributed by atoms with Gasteiger partial charge in [-0.05, 0) is 30.3 Å². The van der Waals surface area contributed by atoms with Crippen molar-refractivity contribution in [2.24, 2.45) is 0 Å². The molecule has 1 aromatic heterocycles. The van der Waals surface area contributed by atoms with Crippen LogP contribution < -0.4 is 9.47 Å². The van der Waals surface area contributed by atoms with E-state index in [1.165, 1.54) is 23.5 Å². The topological polar surface area (TPSA) is 31.4 Å².